The average Bonchev–Trinajstić information content (AvgIpc) is 3.79. The highest BCUT2D eigenvalue weighted by atomic mass is 79.9. The number of hydrogen-bond donors (Lipinski definition) is 2. The van der Waals surface area contributed by atoms with Gasteiger partial charge in [0.25, 0.3) is 11.8 Å². The molecule has 0 aliphatic rings. The second-order valence-corrected chi connectivity index (χ2v) is 14.0. The summed E-state index contributed by atoms with van der Waals surface area (Å²) in [7, 11) is 6.24. The molecule has 2 N–H and O–H groups in total. The van der Waals surface area contributed by atoms with Crippen LogP contribution < -0.4 is 0 Å². The fraction of sp³-hybridized carbons (Fsp3) is 0.269. The predicted molar refractivity (Wildman–Crippen MR) is 190 cm³/mol. The van der Waals surface area contributed by atoms with E-state index >= 15 is 0 Å². The standard InChI is InChI=1S/C8H10N2O3S.C7H8N2O4S.C6H5NO4S.C5H4BrNO2S/c1-5-6(7(11)9(2)3)4-14-8(5)10(12)13;1-8(2)6(11)4-3-14-7(5(4)10)9(12)13;1-3-4(6(8)9)2-12-5(3)7(10)11;1-3-4(6)2-10-5(3)7(8)9/h4H,1-3H3;3,10H,1-2H3;2H,1H3,(H,8,9);2H,1H3. The molecule has 50 heavy (non-hydrogen) atoms. The summed E-state index contributed by atoms with van der Waals surface area (Å²) in [4.78, 5) is 75.2. The Morgan fingerprint density at radius 3 is 1.20 bits per heavy atom. The van der Waals surface area contributed by atoms with Gasteiger partial charge in [-0.3, -0.25) is 50.0 Å². The molecule has 4 aromatic rings. The van der Waals surface area contributed by atoms with Crippen LogP contribution in [0.25, 0.3) is 0 Å². The first-order chi connectivity index (χ1) is 23.1. The van der Waals surface area contributed by atoms with Crippen LogP contribution >= 0.6 is 61.3 Å². The van der Waals surface area contributed by atoms with Crippen LogP contribution in [-0.2, 0) is 0 Å². The third-order valence-corrected chi connectivity index (χ3v) is 11.0. The molecule has 0 aliphatic heterocycles. The highest BCUT2D eigenvalue weighted by molar-refractivity contribution is 9.10. The Hall–Kier alpha value is -4.91. The molecule has 0 aliphatic carbocycles. The number of carbonyl (C=O) groups excluding carboxylic acids is 2. The summed E-state index contributed by atoms with van der Waals surface area (Å²) >= 11 is 6.88. The van der Waals surface area contributed by atoms with Crippen LogP contribution in [0, 0.1) is 61.2 Å². The molecule has 4 rings (SSSR count). The van der Waals surface area contributed by atoms with E-state index in [0.717, 1.165) is 49.8 Å². The molecule has 270 valence electrons. The van der Waals surface area contributed by atoms with Gasteiger partial charge in [-0.2, -0.15) is 0 Å². The van der Waals surface area contributed by atoms with Crippen LogP contribution in [0.1, 0.15) is 47.8 Å². The maximum Gasteiger partial charge on any atom is 0.366 e. The van der Waals surface area contributed by atoms with Crippen molar-refractivity contribution in [1.82, 2.24) is 9.80 Å². The number of amides is 2. The van der Waals surface area contributed by atoms with Crippen LogP contribution in [0.15, 0.2) is 26.0 Å². The lowest BCUT2D eigenvalue weighted by Gasteiger charge is -2.08. The van der Waals surface area contributed by atoms with Gasteiger partial charge in [-0.15, -0.1) is 0 Å². The number of aromatic hydroxyl groups is 1. The number of nitrogens with zero attached hydrogens (tertiary/aromatic N) is 6. The lowest BCUT2D eigenvalue weighted by atomic mass is 10.2. The summed E-state index contributed by atoms with van der Waals surface area (Å²) in [6, 6.07) is 0. The number of hydrogen-bond acceptors (Lipinski definition) is 16. The van der Waals surface area contributed by atoms with Crippen molar-refractivity contribution in [3.63, 3.8) is 0 Å². The third-order valence-electron chi connectivity index (χ3n) is 5.89. The van der Waals surface area contributed by atoms with Gasteiger partial charge in [0.15, 0.2) is 0 Å². The summed E-state index contributed by atoms with van der Waals surface area (Å²) in [6.45, 7) is 4.74. The van der Waals surface area contributed by atoms with Crippen molar-refractivity contribution < 1.29 is 44.3 Å². The average molecular weight is 840 g/mol. The fourth-order valence-electron chi connectivity index (χ4n) is 3.27. The molecular weight excluding hydrogens is 812 g/mol. The Morgan fingerprint density at radius 1 is 0.600 bits per heavy atom. The molecule has 4 aromatic heterocycles. The Labute approximate surface area is 306 Å². The number of rotatable bonds is 7. The summed E-state index contributed by atoms with van der Waals surface area (Å²) in [5.41, 5.74) is 1.75. The minimum absolute atomic E-state index is 0.00620. The topological polar surface area (TPSA) is 271 Å². The summed E-state index contributed by atoms with van der Waals surface area (Å²) in [5, 5.41) is 64.8. The number of nitro groups is 4. The largest absolute Gasteiger partial charge is 0.501 e. The van der Waals surface area contributed by atoms with Gasteiger partial charge in [0.2, 0.25) is 5.75 Å². The van der Waals surface area contributed by atoms with E-state index in [2.05, 4.69) is 15.9 Å². The van der Waals surface area contributed by atoms with Gasteiger partial charge in [-0.05, 0) is 36.7 Å². The van der Waals surface area contributed by atoms with E-state index in [0.29, 0.717) is 16.7 Å². The molecule has 0 saturated carbocycles. The van der Waals surface area contributed by atoms with Crippen molar-refractivity contribution in [1.29, 1.82) is 0 Å². The predicted octanol–water partition coefficient (Wildman–Crippen LogP) is 7.12. The number of thiophene rings is 4. The number of aromatic carboxylic acids is 1. The van der Waals surface area contributed by atoms with Gasteiger partial charge in [0.05, 0.1) is 53.1 Å². The molecule has 0 atom stereocenters. The number of carboxylic acid groups (broad SMARTS) is 1. The molecule has 0 bridgehead atoms. The zero-order valence-electron chi connectivity index (χ0n) is 26.9. The molecule has 0 spiro atoms. The van der Waals surface area contributed by atoms with Crippen molar-refractivity contribution >= 4 is 99.1 Å². The maximum atomic E-state index is 11.5. The van der Waals surface area contributed by atoms with Crippen LogP contribution in [0.4, 0.5) is 20.0 Å². The van der Waals surface area contributed by atoms with Gasteiger partial charge in [0, 0.05) is 54.2 Å². The van der Waals surface area contributed by atoms with Gasteiger partial charge in [0.1, 0.15) is 0 Å². The number of halogens is 1. The quantitative estimate of drug-likeness (QED) is 0.139. The van der Waals surface area contributed by atoms with E-state index in [4.69, 9.17) is 5.11 Å². The van der Waals surface area contributed by atoms with Crippen molar-refractivity contribution in [2.24, 2.45) is 0 Å². The highest BCUT2D eigenvalue weighted by Crippen LogP contribution is 2.37. The Balaban J connectivity index is 0.000000336. The van der Waals surface area contributed by atoms with Gasteiger partial charge in [-0.1, -0.05) is 45.3 Å². The summed E-state index contributed by atoms with van der Waals surface area (Å²) in [6.07, 6.45) is 0. The second-order valence-electron chi connectivity index (χ2n) is 9.71. The van der Waals surface area contributed by atoms with Crippen molar-refractivity contribution in [3.8, 4) is 5.75 Å². The Bertz CT molecular complexity index is 1820. The Morgan fingerprint density at radius 2 is 0.920 bits per heavy atom. The van der Waals surface area contributed by atoms with Gasteiger partial charge < -0.3 is 20.0 Å². The molecular formula is C26H27BrN6O13S4. The lowest BCUT2D eigenvalue weighted by Crippen LogP contribution is -2.21. The van der Waals surface area contributed by atoms with E-state index in [9.17, 15) is 59.9 Å². The lowest BCUT2D eigenvalue weighted by molar-refractivity contribution is -0.381. The highest BCUT2D eigenvalue weighted by Gasteiger charge is 2.26. The van der Waals surface area contributed by atoms with E-state index in [-0.39, 0.29) is 42.5 Å². The molecule has 0 unspecified atom stereocenters. The van der Waals surface area contributed by atoms with Crippen molar-refractivity contribution in [3.05, 3.63) is 99.8 Å². The molecule has 2 amide bonds. The van der Waals surface area contributed by atoms with Crippen LogP contribution in [0.5, 0.6) is 5.75 Å². The van der Waals surface area contributed by atoms with Gasteiger partial charge >= 0.3 is 26.0 Å². The first kappa shape index (κ1) is 43.1. The summed E-state index contributed by atoms with van der Waals surface area (Å²) in [5.74, 6) is -2.34. The zero-order valence-corrected chi connectivity index (χ0v) is 31.7. The van der Waals surface area contributed by atoms with Crippen molar-refractivity contribution in [2.45, 2.75) is 20.8 Å². The van der Waals surface area contributed by atoms with E-state index in [1.54, 1.807) is 33.3 Å². The van der Waals surface area contributed by atoms with E-state index < -0.39 is 37.4 Å². The minimum Gasteiger partial charge on any atom is -0.501 e. The molecule has 24 heteroatoms. The van der Waals surface area contributed by atoms with Crippen LogP contribution in [0.3, 0.4) is 0 Å². The molecule has 0 aromatic carbocycles. The van der Waals surface area contributed by atoms with Crippen molar-refractivity contribution in [2.75, 3.05) is 28.2 Å². The molecule has 19 nitrogen and oxygen atoms in total. The number of carboxylic acids is 1. The van der Waals surface area contributed by atoms with E-state index in [1.807, 2.05) is 0 Å². The molecule has 0 radical (unpaired) electrons. The third kappa shape index (κ3) is 11.1. The molecule has 0 fully saturated rings. The zero-order chi connectivity index (χ0) is 38.8. The maximum absolute atomic E-state index is 11.5. The molecule has 4 heterocycles. The second kappa shape index (κ2) is 18.7. The fourth-order valence-corrected chi connectivity index (χ4v) is 7.14. The van der Waals surface area contributed by atoms with Crippen LogP contribution in [0.2, 0.25) is 0 Å². The SMILES string of the molecule is CN(C)C(=O)c1csc([N+](=O)[O-])c1O.Cc1c(Br)csc1[N+](=O)[O-].Cc1c(C(=O)N(C)C)csc1[N+](=O)[O-].Cc1c(C(=O)O)csc1[N+](=O)[O-]. The normalized spacial score (nSPS) is 9.84. The van der Waals surface area contributed by atoms with E-state index in [1.165, 1.54) is 47.0 Å². The smallest absolute Gasteiger partial charge is 0.366 e. The number of carbonyl (C=O) groups is 3. The van der Waals surface area contributed by atoms with Gasteiger partial charge in [-0.25, -0.2) is 4.79 Å². The minimum atomic E-state index is -1.13. The Kier molecular flexibility index (Phi) is 16.2. The summed E-state index contributed by atoms with van der Waals surface area (Å²) < 4.78 is 0.809. The molecule has 0 saturated heterocycles. The first-order valence-corrected chi connectivity index (χ1v) is 17.3. The van der Waals surface area contributed by atoms with Crippen LogP contribution in [-0.4, -0.2) is 85.7 Å². The monoisotopic (exact) mass is 838 g/mol. The first-order valence-electron chi connectivity index (χ1n) is 13.0.